The van der Waals surface area contributed by atoms with Crippen LogP contribution in [-0.4, -0.2) is 30.5 Å². The average Bonchev–Trinajstić information content (AvgIpc) is 2.36. The normalized spacial score (nSPS) is 11.9. The zero-order chi connectivity index (χ0) is 13.4. The van der Waals surface area contributed by atoms with Gasteiger partial charge in [-0.25, -0.2) is 0 Å². The topological polar surface area (TPSA) is 41.1 Å². The van der Waals surface area contributed by atoms with Gasteiger partial charge >= 0.3 is 0 Å². The van der Waals surface area contributed by atoms with Crippen LogP contribution in [0.15, 0.2) is 24.3 Å². The molecule has 2 N–H and O–H groups in total. The Labute approximate surface area is 114 Å². The van der Waals surface area contributed by atoms with Gasteiger partial charge in [-0.2, -0.15) is 11.8 Å². The number of benzene rings is 1. The summed E-state index contributed by atoms with van der Waals surface area (Å²) in [4.78, 5) is 12.2. The van der Waals surface area contributed by atoms with Gasteiger partial charge in [0.15, 0.2) is 0 Å². The van der Waals surface area contributed by atoms with Crippen molar-refractivity contribution >= 4 is 23.4 Å². The number of hydrogen-bond donors (Lipinski definition) is 2. The Hall–Kier alpha value is -1.16. The fourth-order valence-electron chi connectivity index (χ4n) is 1.69. The Morgan fingerprint density at radius 3 is 2.78 bits per heavy atom. The first-order valence-corrected chi connectivity index (χ1v) is 7.71. The molecule has 0 fully saturated rings. The van der Waals surface area contributed by atoms with E-state index >= 15 is 0 Å². The van der Waals surface area contributed by atoms with Crippen LogP contribution in [0.2, 0.25) is 0 Å². The summed E-state index contributed by atoms with van der Waals surface area (Å²) in [5, 5.41) is 6.30. The quantitative estimate of drug-likeness (QED) is 0.797. The van der Waals surface area contributed by atoms with E-state index in [1.54, 1.807) is 11.8 Å². The van der Waals surface area contributed by atoms with Gasteiger partial charge in [-0.3, -0.25) is 4.79 Å². The summed E-state index contributed by atoms with van der Waals surface area (Å²) < 4.78 is 0. The van der Waals surface area contributed by atoms with E-state index in [4.69, 9.17) is 0 Å². The molecule has 1 aromatic carbocycles. The van der Waals surface area contributed by atoms with Crippen LogP contribution in [0.3, 0.4) is 0 Å². The Kier molecular flexibility index (Phi) is 6.65. The van der Waals surface area contributed by atoms with Crippen LogP contribution in [0, 0.1) is 0 Å². The van der Waals surface area contributed by atoms with Crippen LogP contribution in [-0.2, 0) is 0 Å². The number of anilines is 1. The molecule has 0 aliphatic carbocycles. The van der Waals surface area contributed by atoms with Crippen molar-refractivity contribution < 1.29 is 4.79 Å². The van der Waals surface area contributed by atoms with E-state index in [2.05, 4.69) is 17.6 Å². The Balaban J connectivity index is 2.71. The molecule has 0 spiro atoms. The molecule has 0 aliphatic rings. The smallest absolute Gasteiger partial charge is 0.253 e. The van der Waals surface area contributed by atoms with Crippen LogP contribution in [0.1, 0.15) is 30.6 Å². The van der Waals surface area contributed by atoms with E-state index < -0.39 is 0 Å². The van der Waals surface area contributed by atoms with Gasteiger partial charge in [0, 0.05) is 24.0 Å². The van der Waals surface area contributed by atoms with E-state index in [-0.39, 0.29) is 11.9 Å². The maximum atomic E-state index is 12.2. The largest absolute Gasteiger partial charge is 0.384 e. The predicted octanol–water partition coefficient (Wildman–Crippen LogP) is 2.99. The van der Waals surface area contributed by atoms with Gasteiger partial charge in [-0.1, -0.05) is 19.1 Å². The molecule has 3 nitrogen and oxygen atoms in total. The summed E-state index contributed by atoms with van der Waals surface area (Å²) in [7, 11) is 0. The molecule has 18 heavy (non-hydrogen) atoms. The second kappa shape index (κ2) is 8.03. The number of carbonyl (C=O) groups is 1. The summed E-state index contributed by atoms with van der Waals surface area (Å²) in [6.07, 6.45) is 3.08. The molecule has 1 unspecified atom stereocenters. The Morgan fingerprint density at radius 2 is 2.11 bits per heavy atom. The Morgan fingerprint density at radius 1 is 1.39 bits per heavy atom. The molecule has 0 saturated carbocycles. The molecule has 0 radical (unpaired) electrons. The minimum Gasteiger partial charge on any atom is -0.384 e. The fraction of sp³-hybridized carbons (Fsp3) is 0.500. The second-order valence-corrected chi connectivity index (χ2v) is 5.21. The molecule has 1 aromatic rings. The molecule has 0 aromatic heterocycles. The lowest BCUT2D eigenvalue weighted by Gasteiger charge is -2.15. The molecular weight excluding hydrogens is 244 g/mol. The average molecular weight is 266 g/mol. The molecule has 1 amide bonds. The van der Waals surface area contributed by atoms with Crippen LogP contribution in [0.4, 0.5) is 5.69 Å². The van der Waals surface area contributed by atoms with E-state index in [0.717, 1.165) is 30.0 Å². The molecule has 1 rings (SSSR count). The summed E-state index contributed by atoms with van der Waals surface area (Å²) in [6.45, 7) is 5.01. The number of rotatable bonds is 7. The van der Waals surface area contributed by atoms with Crippen molar-refractivity contribution in [1.29, 1.82) is 0 Å². The van der Waals surface area contributed by atoms with Gasteiger partial charge in [0.05, 0.1) is 5.56 Å². The number of carbonyl (C=O) groups excluding carboxylic acids is 1. The zero-order valence-corrected chi connectivity index (χ0v) is 12.1. The van der Waals surface area contributed by atoms with Crippen molar-refractivity contribution in [2.24, 2.45) is 0 Å². The molecule has 0 heterocycles. The van der Waals surface area contributed by atoms with E-state index in [1.165, 1.54) is 0 Å². The maximum Gasteiger partial charge on any atom is 0.253 e. The highest BCUT2D eigenvalue weighted by Crippen LogP contribution is 2.15. The second-order valence-electron chi connectivity index (χ2n) is 4.30. The van der Waals surface area contributed by atoms with Crippen LogP contribution in [0.5, 0.6) is 0 Å². The third-order valence-corrected chi connectivity index (χ3v) is 3.36. The van der Waals surface area contributed by atoms with Crippen molar-refractivity contribution in [2.75, 3.05) is 23.9 Å². The minimum absolute atomic E-state index is 0.00393. The van der Waals surface area contributed by atoms with Crippen molar-refractivity contribution in [1.82, 2.24) is 5.32 Å². The first-order chi connectivity index (χ1) is 8.69. The fourth-order valence-corrected chi connectivity index (χ4v) is 2.27. The minimum atomic E-state index is -0.00393. The van der Waals surface area contributed by atoms with Crippen molar-refractivity contribution in [2.45, 2.75) is 26.3 Å². The summed E-state index contributed by atoms with van der Waals surface area (Å²) in [6, 6.07) is 7.83. The van der Waals surface area contributed by atoms with Crippen LogP contribution < -0.4 is 10.6 Å². The highest BCUT2D eigenvalue weighted by Gasteiger charge is 2.12. The van der Waals surface area contributed by atoms with E-state index in [1.807, 2.05) is 37.4 Å². The van der Waals surface area contributed by atoms with Crippen molar-refractivity contribution in [3.05, 3.63) is 29.8 Å². The lowest BCUT2D eigenvalue weighted by molar-refractivity contribution is 0.0944. The van der Waals surface area contributed by atoms with Crippen molar-refractivity contribution in [3.8, 4) is 0 Å². The number of amides is 1. The lowest BCUT2D eigenvalue weighted by Crippen LogP contribution is -2.34. The molecule has 4 heteroatoms. The van der Waals surface area contributed by atoms with Gasteiger partial charge in [0.1, 0.15) is 0 Å². The van der Waals surface area contributed by atoms with Gasteiger partial charge < -0.3 is 10.6 Å². The molecule has 0 aliphatic heterocycles. The van der Waals surface area contributed by atoms with Gasteiger partial charge in [-0.15, -0.1) is 0 Å². The van der Waals surface area contributed by atoms with Gasteiger partial charge in [-0.05, 0) is 31.7 Å². The summed E-state index contributed by atoms with van der Waals surface area (Å²) in [5.41, 5.74) is 1.63. The first-order valence-electron chi connectivity index (χ1n) is 6.31. The lowest BCUT2D eigenvalue weighted by atomic mass is 10.1. The first kappa shape index (κ1) is 14.9. The standard InChI is InChI=1S/C14H22N2OS/c1-4-9-15-13-8-6-5-7-12(13)14(17)16-11(2)10-18-3/h5-8,11,15H,4,9-10H2,1-3H3,(H,16,17). The predicted molar refractivity (Wildman–Crippen MR) is 80.5 cm³/mol. The number of hydrogen-bond acceptors (Lipinski definition) is 3. The molecule has 100 valence electrons. The monoisotopic (exact) mass is 266 g/mol. The summed E-state index contributed by atoms with van der Waals surface area (Å²) >= 11 is 1.73. The SMILES string of the molecule is CCCNc1ccccc1C(=O)NC(C)CSC. The number of nitrogens with one attached hydrogen (secondary N) is 2. The molecular formula is C14H22N2OS. The van der Waals surface area contributed by atoms with Crippen molar-refractivity contribution in [3.63, 3.8) is 0 Å². The van der Waals surface area contributed by atoms with Gasteiger partial charge in [0.25, 0.3) is 5.91 Å². The van der Waals surface area contributed by atoms with Crippen LogP contribution >= 0.6 is 11.8 Å². The molecule has 1 atom stereocenters. The maximum absolute atomic E-state index is 12.2. The van der Waals surface area contributed by atoms with Gasteiger partial charge in [0.2, 0.25) is 0 Å². The third kappa shape index (κ3) is 4.61. The van der Waals surface area contributed by atoms with E-state index in [0.29, 0.717) is 0 Å². The van der Waals surface area contributed by atoms with E-state index in [9.17, 15) is 4.79 Å². The Bertz CT molecular complexity index is 382. The van der Waals surface area contributed by atoms with Crippen LogP contribution in [0.25, 0.3) is 0 Å². The molecule has 0 bridgehead atoms. The third-order valence-electron chi connectivity index (χ3n) is 2.53. The highest BCUT2D eigenvalue weighted by molar-refractivity contribution is 7.98. The zero-order valence-electron chi connectivity index (χ0n) is 11.3. The summed E-state index contributed by atoms with van der Waals surface area (Å²) in [5.74, 6) is 0.923. The highest BCUT2D eigenvalue weighted by atomic mass is 32.2. The number of thioether (sulfide) groups is 1. The number of para-hydroxylation sites is 1. The molecule has 0 saturated heterocycles.